The summed E-state index contributed by atoms with van der Waals surface area (Å²) in [5.74, 6) is -2.55. The Morgan fingerprint density at radius 1 is 1.19 bits per heavy atom. The highest BCUT2D eigenvalue weighted by molar-refractivity contribution is 7.14. The number of H-pyrrole nitrogens is 1. The second-order valence-corrected chi connectivity index (χ2v) is 7.76. The first-order chi connectivity index (χ1) is 15.3. The highest BCUT2D eigenvalue weighted by Gasteiger charge is 2.19. The lowest BCUT2D eigenvalue weighted by Gasteiger charge is -2.04. The molecule has 0 fully saturated rings. The van der Waals surface area contributed by atoms with E-state index in [9.17, 15) is 24.3 Å². The van der Waals surface area contributed by atoms with E-state index in [1.807, 2.05) is 0 Å². The number of carboxylic acid groups (broad SMARTS) is 1. The first-order valence-corrected chi connectivity index (χ1v) is 10.6. The molecule has 0 bridgehead atoms. The number of carbonyl (C=O) groups excluding carboxylic acids is 3. The molecule has 0 aliphatic carbocycles. The smallest absolute Gasteiger partial charge is 0.352 e. The van der Waals surface area contributed by atoms with E-state index < -0.39 is 23.7 Å². The molecule has 0 aliphatic rings. The topological polar surface area (TPSA) is 193 Å². The van der Waals surface area contributed by atoms with Gasteiger partial charge in [-0.15, -0.1) is 11.3 Å². The van der Waals surface area contributed by atoms with Crippen molar-refractivity contribution in [2.45, 2.75) is 19.3 Å². The van der Waals surface area contributed by atoms with Crippen LogP contribution in [0.1, 0.15) is 49.7 Å². The fraction of sp³-hybridized carbons (Fsp3) is 0.250. The summed E-state index contributed by atoms with van der Waals surface area (Å²) in [6.45, 7) is 0.503. The van der Waals surface area contributed by atoms with Crippen molar-refractivity contribution in [1.82, 2.24) is 15.3 Å². The van der Waals surface area contributed by atoms with Gasteiger partial charge in [0.1, 0.15) is 11.4 Å². The van der Waals surface area contributed by atoms with Crippen LogP contribution >= 0.6 is 11.3 Å². The van der Waals surface area contributed by atoms with E-state index in [-0.39, 0.29) is 29.5 Å². The Kier molecular flexibility index (Phi) is 7.18. The molecule has 12 heteroatoms. The first kappa shape index (κ1) is 22.9. The molecule has 0 radical (unpaired) electrons. The van der Waals surface area contributed by atoms with Crippen LogP contribution in [-0.4, -0.2) is 51.9 Å². The van der Waals surface area contributed by atoms with Crippen molar-refractivity contribution in [3.63, 3.8) is 0 Å². The first-order valence-electron chi connectivity index (χ1n) is 9.71. The van der Waals surface area contributed by atoms with Crippen LogP contribution in [0, 0.1) is 0 Å². The Morgan fingerprint density at radius 3 is 2.66 bits per heavy atom. The maximum absolute atomic E-state index is 12.7. The molecule has 0 aliphatic heterocycles. The number of primary amides is 1. The third-order valence-corrected chi connectivity index (χ3v) is 5.39. The number of amides is 3. The molecule has 3 amide bonds. The number of benzene rings is 1. The largest absolute Gasteiger partial charge is 0.477 e. The highest BCUT2D eigenvalue weighted by atomic mass is 32.1. The molecular weight excluding hydrogens is 436 g/mol. The zero-order valence-corrected chi connectivity index (χ0v) is 17.8. The number of aromatic nitrogens is 2. The Balaban J connectivity index is 1.76. The van der Waals surface area contributed by atoms with E-state index >= 15 is 0 Å². The predicted molar refractivity (Wildman–Crippen MR) is 119 cm³/mol. The number of aromatic carboxylic acids is 1. The van der Waals surface area contributed by atoms with Crippen molar-refractivity contribution >= 4 is 51.1 Å². The van der Waals surface area contributed by atoms with Gasteiger partial charge in [0.05, 0.1) is 0 Å². The lowest BCUT2D eigenvalue weighted by atomic mass is 10.0. The van der Waals surface area contributed by atoms with Crippen LogP contribution in [0.4, 0.5) is 5.13 Å². The molecule has 1 aromatic carbocycles. The van der Waals surface area contributed by atoms with E-state index in [1.165, 1.54) is 5.38 Å². The Morgan fingerprint density at radius 2 is 1.97 bits per heavy atom. The van der Waals surface area contributed by atoms with Gasteiger partial charge in [-0.05, 0) is 43.1 Å². The average molecular weight is 459 g/mol. The summed E-state index contributed by atoms with van der Waals surface area (Å²) in [5.41, 5.74) is 12.3. The van der Waals surface area contributed by atoms with Gasteiger partial charge < -0.3 is 26.9 Å². The van der Waals surface area contributed by atoms with E-state index in [1.54, 1.807) is 18.2 Å². The van der Waals surface area contributed by atoms with Crippen LogP contribution in [0.25, 0.3) is 10.9 Å². The number of aryl methyl sites for hydroxylation is 1. The molecule has 0 saturated heterocycles. The Labute approximate surface area is 186 Å². The van der Waals surface area contributed by atoms with Gasteiger partial charge in [-0.1, -0.05) is 0 Å². The number of hydrogen-bond donors (Lipinski definition) is 6. The summed E-state index contributed by atoms with van der Waals surface area (Å²) >= 11 is 1.07. The SMILES string of the molecule is NCCCc1c(C(=O)O)[nH]c2ccc(C(=O)Nc3nc(C(=O)NCCC(N)=O)cs3)cc12. The van der Waals surface area contributed by atoms with E-state index in [0.29, 0.717) is 41.4 Å². The molecule has 11 nitrogen and oxygen atoms in total. The highest BCUT2D eigenvalue weighted by Crippen LogP contribution is 2.26. The number of nitrogens with zero attached hydrogens (tertiary/aromatic N) is 1. The third-order valence-electron chi connectivity index (χ3n) is 4.63. The van der Waals surface area contributed by atoms with Crippen molar-refractivity contribution in [1.29, 1.82) is 0 Å². The number of thiazole rings is 1. The predicted octanol–water partition coefficient (Wildman–Crippen LogP) is 1.07. The molecule has 0 saturated carbocycles. The van der Waals surface area contributed by atoms with Crippen molar-refractivity contribution in [3.05, 3.63) is 46.1 Å². The summed E-state index contributed by atoms with van der Waals surface area (Å²) in [6, 6.07) is 4.82. The number of rotatable bonds is 10. The number of carboxylic acids is 1. The molecule has 2 aromatic heterocycles. The molecule has 32 heavy (non-hydrogen) atoms. The zero-order chi connectivity index (χ0) is 23.3. The summed E-state index contributed by atoms with van der Waals surface area (Å²) in [6.07, 6.45) is 1.08. The summed E-state index contributed by atoms with van der Waals surface area (Å²) < 4.78 is 0. The minimum absolute atomic E-state index is 0.0119. The van der Waals surface area contributed by atoms with Crippen molar-refractivity contribution in [2.24, 2.45) is 11.5 Å². The quantitative estimate of drug-likeness (QED) is 0.261. The number of nitrogens with one attached hydrogen (secondary N) is 3. The molecule has 0 spiro atoms. The molecule has 2 heterocycles. The minimum Gasteiger partial charge on any atom is -0.477 e. The van der Waals surface area contributed by atoms with Gasteiger partial charge in [-0.3, -0.25) is 19.7 Å². The molecule has 0 atom stereocenters. The average Bonchev–Trinajstić information content (AvgIpc) is 3.36. The van der Waals surface area contributed by atoms with Crippen LogP contribution < -0.4 is 22.1 Å². The second kappa shape index (κ2) is 10.0. The number of carbonyl (C=O) groups is 4. The molecule has 8 N–H and O–H groups in total. The van der Waals surface area contributed by atoms with Crippen LogP contribution in [-0.2, 0) is 11.2 Å². The van der Waals surface area contributed by atoms with Gasteiger partial charge in [0, 0.05) is 34.8 Å². The number of anilines is 1. The van der Waals surface area contributed by atoms with Gasteiger partial charge in [0.15, 0.2) is 5.13 Å². The fourth-order valence-electron chi connectivity index (χ4n) is 3.10. The van der Waals surface area contributed by atoms with Crippen LogP contribution in [0.2, 0.25) is 0 Å². The lowest BCUT2D eigenvalue weighted by molar-refractivity contribution is -0.117. The minimum atomic E-state index is -1.08. The van der Waals surface area contributed by atoms with Gasteiger partial charge >= 0.3 is 5.97 Å². The van der Waals surface area contributed by atoms with E-state index in [2.05, 4.69) is 20.6 Å². The fourth-order valence-corrected chi connectivity index (χ4v) is 3.79. The van der Waals surface area contributed by atoms with Crippen molar-refractivity contribution in [3.8, 4) is 0 Å². The second-order valence-electron chi connectivity index (χ2n) is 6.90. The number of hydrogen-bond acceptors (Lipinski definition) is 7. The zero-order valence-electron chi connectivity index (χ0n) is 16.9. The van der Waals surface area contributed by atoms with Gasteiger partial charge in [-0.25, -0.2) is 9.78 Å². The monoisotopic (exact) mass is 458 g/mol. The lowest BCUT2D eigenvalue weighted by Crippen LogP contribution is -2.28. The molecule has 0 unspecified atom stereocenters. The standard InChI is InChI=1S/C20H22N6O5S/c21-6-1-2-11-12-8-10(3-4-13(12)24-16(11)19(30)31)17(28)26-20-25-14(9-32-20)18(29)23-7-5-15(22)27/h3-4,8-9,24H,1-2,5-7,21H2,(H2,22,27)(H,23,29)(H,30,31)(H,25,26,28). The van der Waals surface area contributed by atoms with Crippen LogP contribution in [0.5, 0.6) is 0 Å². The van der Waals surface area contributed by atoms with E-state index in [4.69, 9.17) is 11.5 Å². The Hall–Kier alpha value is -3.77. The maximum Gasteiger partial charge on any atom is 0.352 e. The van der Waals surface area contributed by atoms with Gasteiger partial charge in [-0.2, -0.15) is 0 Å². The van der Waals surface area contributed by atoms with Crippen molar-refractivity contribution < 1.29 is 24.3 Å². The normalized spacial score (nSPS) is 10.8. The molecule has 168 valence electrons. The number of aromatic amines is 1. The molecular formula is C20H22N6O5S. The van der Waals surface area contributed by atoms with Gasteiger partial charge in [0.25, 0.3) is 11.8 Å². The third kappa shape index (κ3) is 5.28. The molecule has 3 aromatic rings. The number of nitrogens with two attached hydrogens (primary N) is 2. The van der Waals surface area contributed by atoms with E-state index in [0.717, 1.165) is 11.3 Å². The maximum atomic E-state index is 12.7. The number of fused-ring (bicyclic) bond motifs is 1. The van der Waals surface area contributed by atoms with Crippen LogP contribution in [0.15, 0.2) is 23.6 Å². The van der Waals surface area contributed by atoms with Crippen LogP contribution in [0.3, 0.4) is 0 Å². The summed E-state index contributed by atoms with van der Waals surface area (Å²) in [7, 11) is 0. The van der Waals surface area contributed by atoms with Crippen molar-refractivity contribution in [2.75, 3.05) is 18.4 Å². The molecule has 3 rings (SSSR count). The summed E-state index contributed by atoms with van der Waals surface area (Å²) in [5, 5.41) is 16.9. The van der Waals surface area contributed by atoms with Gasteiger partial charge in [0.2, 0.25) is 5.91 Å². The Bertz CT molecular complexity index is 1180. The summed E-state index contributed by atoms with van der Waals surface area (Å²) in [4.78, 5) is 54.0.